The van der Waals surface area contributed by atoms with Crippen molar-refractivity contribution >= 4 is 5.91 Å². The van der Waals surface area contributed by atoms with Crippen LogP contribution >= 0.6 is 0 Å². The van der Waals surface area contributed by atoms with E-state index in [0.29, 0.717) is 37.3 Å². The van der Waals surface area contributed by atoms with Crippen LogP contribution in [0.4, 0.5) is 13.2 Å². The molecule has 0 bridgehead atoms. The number of nitrogens with one attached hydrogen (secondary N) is 1. The number of alkyl halides is 3. The predicted octanol–water partition coefficient (Wildman–Crippen LogP) is 3.21. The highest BCUT2D eigenvalue weighted by molar-refractivity contribution is 5.93. The lowest BCUT2D eigenvalue weighted by molar-refractivity contribution is -0.148. The van der Waals surface area contributed by atoms with Gasteiger partial charge in [-0.05, 0) is 25.3 Å². The predicted molar refractivity (Wildman–Crippen MR) is 95.2 cm³/mol. The number of nitrogens with zero attached hydrogens (tertiary/aromatic N) is 3. The topological polar surface area (TPSA) is 58.1 Å². The van der Waals surface area contributed by atoms with E-state index in [4.69, 9.17) is 0 Å². The van der Waals surface area contributed by atoms with E-state index >= 15 is 0 Å². The van der Waals surface area contributed by atoms with Gasteiger partial charge in [0.05, 0.1) is 12.1 Å². The first-order valence-electron chi connectivity index (χ1n) is 8.80. The molecule has 27 heavy (non-hydrogen) atoms. The normalized spacial score (nSPS) is 16.3. The summed E-state index contributed by atoms with van der Waals surface area (Å²) >= 11 is 0. The number of aryl methyl sites for hydroxylation is 1. The number of aromatic nitrogens is 2. The van der Waals surface area contributed by atoms with Crippen LogP contribution in [0.3, 0.4) is 0 Å². The van der Waals surface area contributed by atoms with E-state index in [9.17, 15) is 18.0 Å². The van der Waals surface area contributed by atoms with Crippen LogP contribution in [0.1, 0.15) is 28.8 Å². The van der Waals surface area contributed by atoms with Crippen LogP contribution in [0.2, 0.25) is 0 Å². The molecule has 0 aliphatic carbocycles. The molecule has 0 atom stereocenters. The maximum atomic E-state index is 12.4. The molecule has 0 spiro atoms. The first-order chi connectivity index (χ1) is 12.8. The molecule has 1 saturated heterocycles. The summed E-state index contributed by atoms with van der Waals surface area (Å²) in [5.41, 5.74) is 2.28. The molecule has 1 fully saturated rings. The third-order valence-corrected chi connectivity index (χ3v) is 4.63. The van der Waals surface area contributed by atoms with Gasteiger partial charge in [-0.25, -0.2) is 9.97 Å². The van der Waals surface area contributed by atoms with Crippen molar-refractivity contribution in [1.82, 2.24) is 20.2 Å². The SMILES string of the molecule is Cc1ccccc1-c1ncc(C(=O)NC2CCN(CC(F)(F)F)CC2)cn1. The van der Waals surface area contributed by atoms with Crippen molar-refractivity contribution in [1.29, 1.82) is 0 Å². The average molecular weight is 378 g/mol. The third kappa shape index (κ3) is 5.26. The highest BCUT2D eigenvalue weighted by atomic mass is 19.4. The summed E-state index contributed by atoms with van der Waals surface area (Å²) in [6, 6.07) is 7.57. The van der Waals surface area contributed by atoms with Gasteiger partial charge in [0.25, 0.3) is 5.91 Å². The van der Waals surface area contributed by atoms with Gasteiger partial charge in [0.1, 0.15) is 0 Å². The average Bonchev–Trinajstić information content (AvgIpc) is 2.63. The number of hydrogen-bond donors (Lipinski definition) is 1. The van der Waals surface area contributed by atoms with Crippen molar-refractivity contribution in [2.24, 2.45) is 0 Å². The second-order valence-electron chi connectivity index (χ2n) is 6.75. The Bertz CT molecular complexity index is 784. The number of carbonyl (C=O) groups is 1. The van der Waals surface area contributed by atoms with Crippen LogP contribution in [-0.2, 0) is 0 Å². The Kier molecular flexibility index (Phi) is 5.74. The molecule has 3 rings (SSSR count). The highest BCUT2D eigenvalue weighted by Crippen LogP contribution is 2.21. The quantitative estimate of drug-likeness (QED) is 0.888. The second kappa shape index (κ2) is 8.04. The monoisotopic (exact) mass is 378 g/mol. The highest BCUT2D eigenvalue weighted by Gasteiger charge is 2.32. The van der Waals surface area contributed by atoms with E-state index in [2.05, 4.69) is 15.3 Å². The molecule has 0 unspecified atom stereocenters. The molecule has 1 amide bonds. The Balaban J connectivity index is 1.55. The Morgan fingerprint density at radius 2 is 1.81 bits per heavy atom. The summed E-state index contributed by atoms with van der Waals surface area (Å²) < 4.78 is 37.3. The molecular weight excluding hydrogens is 357 g/mol. The van der Waals surface area contributed by atoms with E-state index in [0.717, 1.165) is 11.1 Å². The zero-order chi connectivity index (χ0) is 19.4. The van der Waals surface area contributed by atoms with Gasteiger partial charge in [-0.3, -0.25) is 9.69 Å². The summed E-state index contributed by atoms with van der Waals surface area (Å²) in [5, 5.41) is 2.86. The molecule has 2 aromatic rings. The molecular formula is C19H21F3N4O. The fraction of sp³-hybridized carbons (Fsp3) is 0.421. The molecule has 0 radical (unpaired) electrons. The van der Waals surface area contributed by atoms with Crippen molar-refractivity contribution in [3.8, 4) is 11.4 Å². The van der Waals surface area contributed by atoms with Crippen molar-refractivity contribution in [2.75, 3.05) is 19.6 Å². The van der Waals surface area contributed by atoms with Gasteiger partial charge in [-0.2, -0.15) is 13.2 Å². The van der Waals surface area contributed by atoms with E-state index in [1.165, 1.54) is 17.3 Å². The first kappa shape index (κ1) is 19.3. The van der Waals surface area contributed by atoms with E-state index in [-0.39, 0.29) is 11.9 Å². The molecule has 0 saturated carbocycles. The molecule has 144 valence electrons. The van der Waals surface area contributed by atoms with Gasteiger partial charge in [0.15, 0.2) is 5.82 Å². The number of halogens is 3. The summed E-state index contributed by atoms with van der Waals surface area (Å²) in [6.07, 6.45) is -0.258. The van der Waals surface area contributed by atoms with Crippen LogP contribution in [0, 0.1) is 6.92 Å². The molecule has 2 heterocycles. The number of likely N-dealkylation sites (tertiary alicyclic amines) is 1. The third-order valence-electron chi connectivity index (χ3n) is 4.63. The standard InChI is InChI=1S/C19H21F3N4O/c1-13-4-2-3-5-16(13)17-23-10-14(11-24-17)18(27)25-15-6-8-26(9-7-15)12-19(20,21)22/h2-5,10-11,15H,6-9,12H2,1H3,(H,25,27). The van der Waals surface area contributed by atoms with Crippen molar-refractivity contribution in [2.45, 2.75) is 32.0 Å². The van der Waals surface area contributed by atoms with Crippen LogP contribution in [-0.4, -0.2) is 52.6 Å². The zero-order valence-corrected chi connectivity index (χ0v) is 15.0. The van der Waals surface area contributed by atoms with E-state index < -0.39 is 12.7 Å². The Hall–Kier alpha value is -2.48. The number of hydrogen-bond acceptors (Lipinski definition) is 4. The maximum absolute atomic E-state index is 12.4. The molecule has 5 nitrogen and oxygen atoms in total. The molecule has 8 heteroatoms. The number of rotatable bonds is 4. The van der Waals surface area contributed by atoms with E-state index in [1.54, 1.807) is 0 Å². The summed E-state index contributed by atoms with van der Waals surface area (Å²) in [4.78, 5) is 22.3. The Morgan fingerprint density at radius 1 is 1.19 bits per heavy atom. The summed E-state index contributed by atoms with van der Waals surface area (Å²) in [7, 11) is 0. The van der Waals surface area contributed by atoms with Crippen LogP contribution in [0.15, 0.2) is 36.7 Å². The van der Waals surface area contributed by atoms with Crippen molar-refractivity contribution in [3.05, 3.63) is 47.8 Å². The fourth-order valence-corrected chi connectivity index (χ4v) is 3.17. The lowest BCUT2D eigenvalue weighted by atomic mass is 10.0. The number of benzene rings is 1. The van der Waals surface area contributed by atoms with Gasteiger partial charge in [0.2, 0.25) is 0 Å². The fourth-order valence-electron chi connectivity index (χ4n) is 3.17. The summed E-state index contributed by atoms with van der Waals surface area (Å²) in [6.45, 7) is 1.69. The van der Waals surface area contributed by atoms with Gasteiger partial charge < -0.3 is 5.32 Å². The minimum absolute atomic E-state index is 0.141. The van der Waals surface area contributed by atoms with Crippen LogP contribution in [0.5, 0.6) is 0 Å². The number of piperidine rings is 1. The molecule has 1 N–H and O–H groups in total. The zero-order valence-electron chi connectivity index (χ0n) is 15.0. The minimum atomic E-state index is -4.19. The molecule has 1 aromatic carbocycles. The summed E-state index contributed by atoms with van der Waals surface area (Å²) in [5.74, 6) is 0.241. The minimum Gasteiger partial charge on any atom is -0.349 e. The van der Waals surface area contributed by atoms with E-state index in [1.807, 2.05) is 31.2 Å². The van der Waals surface area contributed by atoms with Gasteiger partial charge in [-0.1, -0.05) is 24.3 Å². The second-order valence-corrected chi connectivity index (χ2v) is 6.75. The molecule has 1 aliphatic rings. The number of carbonyl (C=O) groups excluding carboxylic acids is 1. The van der Waals surface area contributed by atoms with Crippen molar-refractivity contribution in [3.63, 3.8) is 0 Å². The van der Waals surface area contributed by atoms with Gasteiger partial charge >= 0.3 is 6.18 Å². The van der Waals surface area contributed by atoms with Gasteiger partial charge in [0, 0.05) is 37.1 Å². The first-order valence-corrected chi connectivity index (χ1v) is 8.80. The largest absolute Gasteiger partial charge is 0.401 e. The molecule has 1 aromatic heterocycles. The maximum Gasteiger partial charge on any atom is 0.401 e. The molecule has 1 aliphatic heterocycles. The Morgan fingerprint density at radius 3 is 2.41 bits per heavy atom. The lowest BCUT2D eigenvalue weighted by Crippen LogP contribution is -2.47. The number of amides is 1. The lowest BCUT2D eigenvalue weighted by Gasteiger charge is -2.32. The smallest absolute Gasteiger partial charge is 0.349 e. The van der Waals surface area contributed by atoms with Crippen LogP contribution in [0.25, 0.3) is 11.4 Å². The Labute approximate surface area is 155 Å². The van der Waals surface area contributed by atoms with Crippen molar-refractivity contribution < 1.29 is 18.0 Å². The van der Waals surface area contributed by atoms with Crippen LogP contribution < -0.4 is 5.32 Å². The van der Waals surface area contributed by atoms with Gasteiger partial charge in [-0.15, -0.1) is 0 Å².